The second-order valence-corrected chi connectivity index (χ2v) is 21.2. The second-order valence-electron chi connectivity index (χ2n) is 21.2. The third-order valence-electron chi connectivity index (χ3n) is 14.3. The standard InChI is InChI=1S/C49H81N11O15/c1-23(2)22-30(50)39(64)54-37(28(8)62)44(69)56-38(29(9)63)43(68)53-35(24(3)4)48(73)58-19-11-15-32(58)41(66)55-36(27(7)61)42(67)51-25(5)45(70)59-20-12-16-33(59)47(72)60-21-13-17-34(60)46(71)57-18-10-14-31(57)40(65)52-26(6)49(74)75/h23-38,61-63H,10-22,50H2,1-9H3,(H,51,67)(H,52,65)(H,53,68)(H,54,64)(H,55,66)(H,56,69)(H,74,75)/t25-,26-,27+,28+,29+,30-,31-,32-,33-,34-,35-,36-,37-,38-/m0/s1. The first-order chi connectivity index (χ1) is 35.1. The van der Waals surface area contributed by atoms with Crippen LogP contribution in [0.4, 0.5) is 0 Å². The molecule has 4 rings (SSSR count). The number of hydrogen-bond donors (Lipinski definition) is 11. The Hall–Kier alpha value is -5.99. The SMILES string of the molecule is CC(C)C[C@H](N)C(=O)N[C@H](C(=O)N[C@H](C(=O)N[C@H](C(=O)N1CCC[C@H]1C(=O)N[C@H](C(=O)N[C@@H](C)C(=O)N1CCC[C@H]1C(=O)N1CCC[C@H]1C(=O)N1CCC[C@H]1C(=O)N[C@@H](C)C(=O)O)[C@@H](C)O)C(C)C)[C@@H](C)O)[C@@H](C)O. The van der Waals surface area contributed by atoms with Crippen LogP contribution in [0.1, 0.15) is 120 Å². The zero-order valence-electron chi connectivity index (χ0n) is 44.6. The van der Waals surface area contributed by atoms with Crippen LogP contribution >= 0.6 is 0 Å². The molecule has 0 unspecified atom stereocenters. The topological polar surface area (TPSA) is 380 Å². The monoisotopic (exact) mass is 1060 g/mol. The Morgan fingerprint density at radius 2 is 0.813 bits per heavy atom. The van der Waals surface area contributed by atoms with Gasteiger partial charge in [-0.15, -0.1) is 0 Å². The van der Waals surface area contributed by atoms with E-state index in [1.54, 1.807) is 13.8 Å². The van der Waals surface area contributed by atoms with Crippen LogP contribution in [-0.4, -0.2) is 216 Å². The van der Waals surface area contributed by atoms with Crippen LogP contribution < -0.4 is 37.6 Å². The van der Waals surface area contributed by atoms with E-state index in [-0.39, 0.29) is 51.4 Å². The molecule has 4 aliphatic heterocycles. The molecule has 4 heterocycles. The lowest BCUT2D eigenvalue weighted by Crippen LogP contribution is -2.63. The summed E-state index contributed by atoms with van der Waals surface area (Å²) < 4.78 is 0. The number of nitrogens with zero attached hydrogens (tertiary/aromatic N) is 4. The number of nitrogens with two attached hydrogens (primary N) is 1. The number of likely N-dealkylation sites (tertiary alicyclic amines) is 4. The third kappa shape index (κ3) is 15.6. The molecule has 0 aliphatic carbocycles. The molecule has 10 amide bonds. The first kappa shape index (κ1) is 61.6. The van der Waals surface area contributed by atoms with Gasteiger partial charge in [-0.2, -0.15) is 0 Å². The molecule has 26 nitrogen and oxygen atoms in total. The van der Waals surface area contributed by atoms with Crippen LogP contribution in [0.2, 0.25) is 0 Å². The summed E-state index contributed by atoms with van der Waals surface area (Å²) >= 11 is 0. The summed E-state index contributed by atoms with van der Waals surface area (Å²) in [4.78, 5) is 154. The minimum Gasteiger partial charge on any atom is -0.480 e. The molecule has 75 heavy (non-hydrogen) atoms. The number of aliphatic hydroxyl groups excluding tert-OH is 3. The smallest absolute Gasteiger partial charge is 0.325 e. The average molecular weight is 1060 g/mol. The molecule has 0 saturated carbocycles. The zero-order chi connectivity index (χ0) is 56.3. The molecule has 14 atom stereocenters. The van der Waals surface area contributed by atoms with Gasteiger partial charge in [0.1, 0.15) is 60.4 Å². The van der Waals surface area contributed by atoms with Crippen molar-refractivity contribution in [3.8, 4) is 0 Å². The number of aliphatic hydroxyl groups is 3. The van der Waals surface area contributed by atoms with E-state index in [1.807, 2.05) is 13.8 Å². The first-order valence-electron chi connectivity index (χ1n) is 26.2. The zero-order valence-corrected chi connectivity index (χ0v) is 44.6. The fourth-order valence-corrected chi connectivity index (χ4v) is 10.1. The largest absolute Gasteiger partial charge is 0.480 e. The van der Waals surface area contributed by atoms with Crippen molar-refractivity contribution in [2.45, 2.75) is 205 Å². The van der Waals surface area contributed by atoms with Crippen molar-refractivity contribution in [3.63, 3.8) is 0 Å². The van der Waals surface area contributed by atoms with Gasteiger partial charge in [0.2, 0.25) is 59.1 Å². The predicted molar refractivity (Wildman–Crippen MR) is 267 cm³/mol. The van der Waals surface area contributed by atoms with Gasteiger partial charge in [-0.05, 0) is 104 Å². The molecule has 4 saturated heterocycles. The van der Waals surface area contributed by atoms with Crippen LogP contribution in [0, 0.1) is 11.8 Å². The highest BCUT2D eigenvalue weighted by Crippen LogP contribution is 2.29. The molecule has 0 bridgehead atoms. The number of rotatable bonds is 23. The van der Waals surface area contributed by atoms with Crippen LogP contribution in [0.25, 0.3) is 0 Å². The molecule has 0 aromatic rings. The number of carboxylic acids is 1. The molecule has 0 spiro atoms. The summed E-state index contributed by atoms with van der Waals surface area (Å²) in [6.07, 6.45) is -1.39. The lowest BCUT2D eigenvalue weighted by Gasteiger charge is -2.35. The van der Waals surface area contributed by atoms with Gasteiger partial charge < -0.3 is 77.7 Å². The Bertz CT molecular complexity index is 2120. The molecule has 4 fully saturated rings. The maximum Gasteiger partial charge on any atom is 0.325 e. The van der Waals surface area contributed by atoms with E-state index in [0.29, 0.717) is 38.5 Å². The quantitative estimate of drug-likeness (QED) is 0.0467. The fourth-order valence-electron chi connectivity index (χ4n) is 10.1. The van der Waals surface area contributed by atoms with Crippen molar-refractivity contribution in [2.75, 3.05) is 26.2 Å². The summed E-state index contributed by atoms with van der Waals surface area (Å²) in [5.41, 5.74) is 5.95. The van der Waals surface area contributed by atoms with Gasteiger partial charge in [-0.1, -0.05) is 27.7 Å². The van der Waals surface area contributed by atoms with Crippen molar-refractivity contribution in [1.82, 2.24) is 51.5 Å². The van der Waals surface area contributed by atoms with Gasteiger partial charge in [0.25, 0.3) is 0 Å². The summed E-state index contributed by atoms with van der Waals surface area (Å²) in [5, 5.41) is 55.8. The van der Waals surface area contributed by atoms with E-state index in [0.717, 1.165) is 0 Å². The Morgan fingerprint density at radius 3 is 1.27 bits per heavy atom. The van der Waals surface area contributed by atoms with E-state index in [2.05, 4.69) is 31.9 Å². The lowest BCUT2D eigenvalue weighted by molar-refractivity contribution is -0.151. The molecule has 4 aliphatic rings. The number of carboxylic acid groups (broad SMARTS) is 1. The Labute approximate surface area is 437 Å². The number of aliphatic carboxylic acids is 1. The first-order valence-corrected chi connectivity index (χ1v) is 26.2. The normalized spacial score (nSPS) is 23.7. The molecule has 422 valence electrons. The van der Waals surface area contributed by atoms with Crippen molar-refractivity contribution in [2.24, 2.45) is 17.6 Å². The summed E-state index contributed by atoms with van der Waals surface area (Å²) in [6.45, 7) is 14.0. The highest BCUT2D eigenvalue weighted by molar-refractivity contribution is 5.99. The van der Waals surface area contributed by atoms with Gasteiger partial charge in [0.15, 0.2) is 0 Å². The van der Waals surface area contributed by atoms with Gasteiger partial charge in [0.05, 0.1) is 24.4 Å². The van der Waals surface area contributed by atoms with Crippen LogP contribution in [0.3, 0.4) is 0 Å². The Balaban J connectivity index is 1.39. The van der Waals surface area contributed by atoms with Gasteiger partial charge in [0, 0.05) is 26.2 Å². The van der Waals surface area contributed by atoms with Gasteiger partial charge >= 0.3 is 5.97 Å². The molecule has 26 heteroatoms. The molecular formula is C49H81N11O15. The van der Waals surface area contributed by atoms with E-state index in [9.17, 15) is 73.2 Å². The van der Waals surface area contributed by atoms with E-state index >= 15 is 0 Å². The summed E-state index contributed by atoms with van der Waals surface area (Å²) in [5.74, 6) is -9.13. The molecule has 0 radical (unpaired) electrons. The lowest BCUT2D eigenvalue weighted by atomic mass is 10.0. The minimum absolute atomic E-state index is 0.0471. The highest BCUT2D eigenvalue weighted by Gasteiger charge is 2.47. The van der Waals surface area contributed by atoms with Crippen LogP contribution in [0.5, 0.6) is 0 Å². The number of carbonyl (C=O) groups is 11. The third-order valence-corrected chi connectivity index (χ3v) is 14.3. The Morgan fingerprint density at radius 1 is 0.453 bits per heavy atom. The number of carbonyl (C=O) groups excluding carboxylic acids is 10. The Kier molecular flexibility index (Phi) is 22.3. The van der Waals surface area contributed by atoms with E-state index in [4.69, 9.17) is 5.73 Å². The van der Waals surface area contributed by atoms with Gasteiger partial charge in [-0.3, -0.25) is 52.7 Å². The molecule has 0 aromatic carbocycles. The number of amides is 10. The maximum atomic E-state index is 14.2. The second kappa shape index (κ2) is 27.2. The molecular weight excluding hydrogens is 983 g/mol. The van der Waals surface area contributed by atoms with Crippen molar-refractivity contribution < 1.29 is 73.2 Å². The van der Waals surface area contributed by atoms with Crippen molar-refractivity contribution >= 4 is 65.0 Å². The summed E-state index contributed by atoms with van der Waals surface area (Å²) in [7, 11) is 0. The van der Waals surface area contributed by atoms with E-state index < -0.39 is 156 Å². The fraction of sp³-hybridized carbons (Fsp3) is 0.776. The number of hydrogen-bond acceptors (Lipinski definition) is 15. The number of nitrogens with one attached hydrogen (secondary N) is 6. The minimum atomic E-state index is -1.68. The average Bonchev–Trinajstić information content (AvgIpc) is 4.19. The summed E-state index contributed by atoms with van der Waals surface area (Å²) in [6, 6.07) is -13.6. The van der Waals surface area contributed by atoms with Crippen LogP contribution in [0.15, 0.2) is 0 Å². The van der Waals surface area contributed by atoms with Crippen molar-refractivity contribution in [1.29, 1.82) is 0 Å². The van der Waals surface area contributed by atoms with E-state index in [1.165, 1.54) is 54.2 Å². The molecule has 12 N–H and O–H groups in total. The predicted octanol–water partition coefficient (Wildman–Crippen LogP) is -3.84. The highest BCUT2D eigenvalue weighted by atomic mass is 16.4. The van der Waals surface area contributed by atoms with Gasteiger partial charge in [-0.25, -0.2) is 0 Å². The molecule has 0 aromatic heterocycles. The van der Waals surface area contributed by atoms with Crippen LogP contribution in [-0.2, 0) is 52.7 Å². The maximum absolute atomic E-state index is 14.2. The van der Waals surface area contributed by atoms with Crippen molar-refractivity contribution in [3.05, 3.63) is 0 Å².